The molecular weight excluding hydrogens is 440 g/mol. The van der Waals surface area contributed by atoms with Crippen molar-refractivity contribution in [3.05, 3.63) is 30.2 Å². The molecule has 0 bridgehead atoms. The predicted octanol–water partition coefficient (Wildman–Crippen LogP) is 3.19. The number of nitrogens with zero attached hydrogens (tertiary/aromatic N) is 5. The molecule has 1 amide bonds. The van der Waals surface area contributed by atoms with Crippen molar-refractivity contribution >= 4 is 22.9 Å². The van der Waals surface area contributed by atoms with Crippen LogP contribution in [-0.4, -0.2) is 63.7 Å². The Bertz CT molecular complexity index is 1170. The highest BCUT2D eigenvalue weighted by Crippen LogP contribution is 2.31. The summed E-state index contributed by atoms with van der Waals surface area (Å²) in [5, 5.41) is 5.40. The molecule has 11 heteroatoms. The van der Waals surface area contributed by atoms with Crippen molar-refractivity contribution in [2.45, 2.75) is 45.4 Å². The highest BCUT2D eigenvalue weighted by Gasteiger charge is 2.33. The minimum Gasteiger partial charge on any atom is -0.496 e. The lowest BCUT2D eigenvalue weighted by Crippen LogP contribution is -2.35. The van der Waals surface area contributed by atoms with Crippen LogP contribution in [0, 0.1) is 0 Å². The first-order valence-corrected chi connectivity index (χ1v) is 11.0. The maximum atomic E-state index is 12.5. The van der Waals surface area contributed by atoms with Crippen molar-refractivity contribution in [2.75, 3.05) is 33.0 Å². The van der Waals surface area contributed by atoms with Crippen LogP contribution in [0.5, 0.6) is 17.2 Å². The SMILES string of the molecule is COc1cc(OC)cc(OCc2nn([C@H]3CCN(C(=O)OC(C)(C)C)C3)c3ncnc(N)c23)c1. The molecule has 0 spiro atoms. The van der Waals surface area contributed by atoms with E-state index in [0.717, 1.165) is 0 Å². The molecule has 34 heavy (non-hydrogen) atoms. The van der Waals surface area contributed by atoms with Crippen molar-refractivity contribution in [3.8, 4) is 17.2 Å². The molecule has 1 saturated heterocycles. The molecule has 1 aliphatic rings. The number of likely N-dealkylation sites (tertiary alicyclic amines) is 1. The smallest absolute Gasteiger partial charge is 0.410 e. The van der Waals surface area contributed by atoms with Crippen LogP contribution in [0.25, 0.3) is 11.0 Å². The van der Waals surface area contributed by atoms with E-state index < -0.39 is 5.60 Å². The first-order chi connectivity index (χ1) is 16.2. The number of hydrogen-bond donors (Lipinski definition) is 1. The molecule has 3 aromatic rings. The second-order valence-electron chi connectivity index (χ2n) is 9.05. The zero-order chi connectivity index (χ0) is 24.5. The Labute approximate surface area is 197 Å². The number of carbonyl (C=O) groups is 1. The van der Waals surface area contributed by atoms with Crippen LogP contribution < -0.4 is 19.9 Å². The Hall–Kier alpha value is -3.76. The molecule has 3 heterocycles. The van der Waals surface area contributed by atoms with E-state index in [4.69, 9.17) is 29.8 Å². The number of nitrogens with two attached hydrogens (primary N) is 1. The third kappa shape index (κ3) is 4.92. The summed E-state index contributed by atoms with van der Waals surface area (Å²) >= 11 is 0. The molecule has 1 aliphatic heterocycles. The molecule has 1 atom stereocenters. The first kappa shape index (κ1) is 23.4. The Kier molecular flexibility index (Phi) is 6.36. The number of nitrogen functional groups attached to an aromatic ring is 1. The summed E-state index contributed by atoms with van der Waals surface area (Å²) in [5.74, 6) is 2.10. The maximum absolute atomic E-state index is 12.5. The first-order valence-electron chi connectivity index (χ1n) is 11.0. The third-order valence-electron chi connectivity index (χ3n) is 5.45. The molecular formula is C23H30N6O5. The summed E-state index contributed by atoms with van der Waals surface area (Å²) < 4.78 is 23.9. The summed E-state index contributed by atoms with van der Waals surface area (Å²) in [5.41, 5.74) is 6.84. The minimum atomic E-state index is -0.553. The van der Waals surface area contributed by atoms with Gasteiger partial charge in [-0.25, -0.2) is 19.4 Å². The maximum Gasteiger partial charge on any atom is 0.410 e. The highest BCUT2D eigenvalue weighted by molar-refractivity contribution is 5.88. The van der Waals surface area contributed by atoms with Crippen LogP contribution in [0.3, 0.4) is 0 Å². The van der Waals surface area contributed by atoms with Crippen LogP contribution in [0.4, 0.5) is 10.6 Å². The molecule has 11 nitrogen and oxygen atoms in total. The van der Waals surface area contributed by atoms with E-state index in [1.807, 2.05) is 25.5 Å². The molecule has 0 unspecified atom stereocenters. The Morgan fingerprint density at radius 2 is 1.79 bits per heavy atom. The summed E-state index contributed by atoms with van der Waals surface area (Å²) in [6.07, 6.45) is 1.79. The molecule has 1 aromatic carbocycles. The topological polar surface area (TPSA) is 127 Å². The van der Waals surface area contributed by atoms with Crippen molar-refractivity contribution in [1.29, 1.82) is 0 Å². The Balaban J connectivity index is 1.58. The molecule has 4 rings (SSSR count). The van der Waals surface area contributed by atoms with E-state index in [1.54, 1.807) is 37.3 Å². The van der Waals surface area contributed by atoms with Crippen LogP contribution in [-0.2, 0) is 11.3 Å². The molecule has 1 fully saturated rings. The van der Waals surface area contributed by atoms with Gasteiger partial charge in [0.1, 0.15) is 47.3 Å². The largest absolute Gasteiger partial charge is 0.496 e. The van der Waals surface area contributed by atoms with Gasteiger partial charge >= 0.3 is 6.09 Å². The quantitative estimate of drug-likeness (QED) is 0.578. The molecule has 0 aliphatic carbocycles. The number of hydrogen-bond acceptors (Lipinski definition) is 9. The summed E-state index contributed by atoms with van der Waals surface area (Å²) in [6.45, 7) is 6.72. The fourth-order valence-corrected chi connectivity index (χ4v) is 3.87. The van der Waals surface area contributed by atoms with E-state index in [1.165, 1.54) is 6.33 Å². The van der Waals surface area contributed by atoms with Crippen LogP contribution in [0.15, 0.2) is 24.5 Å². The van der Waals surface area contributed by atoms with Crippen molar-refractivity contribution in [1.82, 2.24) is 24.6 Å². The zero-order valence-electron chi connectivity index (χ0n) is 20.1. The normalized spacial score (nSPS) is 16.0. The van der Waals surface area contributed by atoms with Gasteiger partial charge in [-0.2, -0.15) is 5.10 Å². The van der Waals surface area contributed by atoms with Gasteiger partial charge in [-0.05, 0) is 27.2 Å². The average molecular weight is 471 g/mol. The van der Waals surface area contributed by atoms with Gasteiger partial charge in [-0.3, -0.25) is 0 Å². The van der Waals surface area contributed by atoms with Gasteiger partial charge < -0.3 is 29.6 Å². The number of amides is 1. The standard InChI is InChI=1S/C23H30N6O5/c1-23(2,3)34-22(30)28-7-6-14(11-28)29-21-19(20(24)25-13-26-21)18(27-29)12-33-17-9-15(31-4)8-16(10-17)32-5/h8-10,13-14H,6-7,11-12H2,1-5H3,(H2,24,25,26)/t14-/m0/s1. The third-order valence-corrected chi connectivity index (χ3v) is 5.45. The number of methoxy groups -OCH3 is 2. The van der Waals surface area contributed by atoms with Gasteiger partial charge in [0.25, 0.3) is 0 Å². The minimum absolute atomic E-state index is 0.0741. The molecule has 2 N–H and O–H groups in total. The van der Waals surface area contributed by atoms with E-state index in [9.17, 15) is 4.79 Å². The summed E-state index contributed by atoms with van der Waals surface area (Å²) in [7, 11) is 3.15. The zero-order valence-corrected chi connectivity index (χ0v) is 20.1. The van der Waals surface area contributed by atoms with Crippen LogP contribution in [0.1, 0.15) is 38.9 Å². The van der Waals surface area contributed by atoms with Crippen molar-refractivity contribution < 1.29 is 23.7 Å². The number of benzene rings is 1. The number of rotatable bonds is 6. The van der Waals surface area contributed by atoms with Crippen molar-refractivity contribution in [2.24, 2.45) is 0 Å². The number of aromatic nitrogens is 4. The van der Waals surface area contributed by atoms with Gasteiger partial charge in [0.2, 0.25) is 0 Å². The monoisotopic (exact) mass is 470 g/mol. The molecule has 2 aromatic heterocycles. The van der Waals surface area contributed by atoms with E-state index in [2.05, 4.69) is 9.97 Å². The van der Waals surface area contributed by atoms with Gasteiger partial charge in [-0.1, -0.05) is 0 Å². The number of anilines is 1. The van der Waals surface area contributed by atoms with Gasteiger partial charge in [0, 0.05) is 31.3 Å². The van der Waals surface area contributed by atoms with E-state index in [0.29, 0.717) is 59.3 Å². The lowest BCUT2D eigenvalue weighted by molar-refractivity contribution is 0.0288. The fourth-order valence-electron chi connectivity index (χ4n) is 3.87. The van der Waals surface area contributed by atoms with Crippen molar-refractivity contribution in [3.63, 3.8) is 0 Å². The molecule has 0 saturated carbocycles. The molecule has 0 radical (unpaired) electrons. The highest BCUT2D eigenvalue weighted by atomic mass is 16.6. The van der Waals surface area contributed by atoms with Crippen LogP contribution >= 0.6 is 0 Å². The number of carbonyl (C=O) groups excluding carboxylic acids is 1. The van der Waals surface area contributed by atoms with Crippen LogP contribution in [0.2, 0.25) is 0 Å². The summed E-state index contributed by atoms with van der Waals surface area (Å²) in [6, 6.07) is 5.21. The van der Waals surface area contributed by atoms with Gasteiger partial charge in [0.15, 0.2) is 5.65 Å². The molecule has 182 valence electrons. The van der Waals surface area contributed by atoms with Gasteiger partial charge in [0.05, 0.1) is 25.6 Å². The lowest BCUT2D eigenvalue weighted by Gasteiger charge is -2.24. The second-order valence-corrected chi connectivity index (χ2v) is 9.05. The predicted molar refractivity (Wildman–Crippen MR) is 125 cm³/mol. The Morgan fingerprint density at radius 3 is 2.44 bits per heavy atom. The lowest BCUT2D eigenvalue weighted by atomic mass is 10.2. The average Bonchev–Trinajstić information content (AvgIpc) is 3.42. The van der Waals surface area contributed by atoms with E-state index >= 15 is 0 Å². The van der Waals surface area contributed by atoms with E-state index in [-0.39, 0.29) is 18.7 Å². The number of ether oxygens (including phenoxy) is 4. The number of fused-ring (bicyclic) bond motifs is 1. The summed E-state index contributed by atoms with van der Waals surface area (Å²) in [4.78, 5) is 22.8. The Morgan fingerprint density at radius 1 is 1.12 bits per heavy atom. The fraction of sp³-hybridized carbons (Fsp3) is 0.478. The second kappa shape index (κ2) is 9.24. The van der Waals surface area contributed by atoms with Gasteiger partial charge in [-0.15, -0.1) is 0 Å².